The predicted molar refractivity (Wildman–Crippen MR) is 92.2 cm³/mol. The summed E-state index contributed by atoms with van der Waals surface area (Å²) in [5, 5.41) is 0. The third kappa shape index (κ3) is 3.52. The second kappa shape index (κ2) is 7.08. The zero-order valence-corrected chi connectivity index (χ0v) is 13.5. The van der Waals surface area contributed by atoms with Crippen LogP contribution in [0.3, 0.4) is 0 Å². The lowest BCUT2D eigenvalue weighted by Crippen LogP contribution is -2.03. The number of hydrogen-bond acceptors (Lipinski definition) is 0. The highest BCUT2D eigenvalue weighted by Crippen LogP contribution is 2.33. The normalized spacial score (nSPS) is 13.6. The van der Waals surface area contributed by atoms with E-state index >= 15 is 0 Å². The number of fused-ring (bicyclic) bond motifs is 1. The minimum Gasteiger partial charge on any atom is -0.207 e. The lowest BCUT2D eigenvalue weighted by atomic mass is 9.88. The first-order chi connectivity index (χ1) is 11.2. The number of aryl methyl sites for hydroxylation is 1. The molecule has 0 unspecified atom stereocenters. The molecule has 0 heterocycles. The molecule has 120 valence electrons. The van der Waals surface area contributed by atoms with E-state index in [1.807, 2.05) is 24.3 Å². The summed E-state index contributed by atoms with van der Waals surface area (Å²) in [6, 6.07) is 10.7. The molecule has 0 fully saturated rings. The molecule has 0 bridgehead atoms. The molecule has 0 spiro atoms. The van der Waals surface area contributed by atoms with E-state index in [1.54, 1.807) is 12.1 Å². The third-order valence-electron chi connectivity index (χ3n) is 4.58. The summed E-state index contributed by atoms with van der Waals surface area (Å²) in [6.07, 6.45) is 7.62. The fraction of sp³-hybridized carbons (Fsp3) is 0.333. The molecule has 0 atom stereocenters. The molecule has 0 aromatic heterocycles. The van der Waals surface area contributed by atoms with E-state index in [4.69, 9.17) is 0 Å². The van der Waals surface area contributed by atoms with Crippen molar-refractivity contribution in [2.45, 2.75) is 45.4 Å². The summed E-state index contributed by atoms with van der Waals surface area (Å²) in [4.78, 5) is 0. The number of unbranched alkanes of at least 4 members (excludes halogenated alkanes) is 2. The van der Waals surface area contributed by atoms with Crippen molar-refractivity contribution in [2.75, 3.05) is 0 Å². The standard InChI is InChI=1S/C21H22F2/c1-2-3-4-6-15-9-11-19(21(23)13-15)17-10-12-18-16(14-17)7-5-8-20(18)22/h5,7-9,11,13-14H,2-4,6,10,12H2,1H3. The van der Waals surface area contributed by atoms with E-state index in [-0.39, 0.29) is 11.6 Å². The van der Waals surface area contributed by atoms with Crippen molar-refractivity contribution in [3.63, 3.8) is 0 Å². The molecule has 0 radical (unpaired) electrons. The van der Waals surface area contributed by atoms with Crippen LogP contribution in [0.2, 0.25) is 0 Å². The SMILES string of the molecule is CCCCCc1ccc(C2=Cc3cccc(F)c3CC2)c(F)c1. The predicted octanol–water partition coefficient (Wildman–Crippen LogP) is 6.18. The van der Waals surface area contributed by atoms with E-state index in [1.165, 1.54) is 18.9 Å². The first-order valence-electron chi connectivity index (χ1n) is 8.46. The molecule has 0 saturated heterocycles. The lowest BCUT2D eigenvalue weighted by molar-refractivity contribution is 0.607. The molecule has 2 heteroatoms. The van der Waals surface area contributed by atoms with Crippen molar-refractivity contribution >= 4 is 11.6 Å². The first-order valence-corrected chi connectivity index (χ1v) is 8.46. The van der Waals surface area contributed by atoms with Gasteiger partial charge in [0, 0.05) is 5.56 Å². The molecule has 3 rings (SSSR count). The average molecular weight is 312 g/mol. The monoisotopic (exact) mass is 312 g/mol. The highest BCUT2D eigenvalue weighted by atomic mass is 19.1. The van der Waals surface area contributed by atoms with Gasteiger partial charge in [-0.05, 0) is 60.1 Å². The van der Waals surface area contributed by atoms with Crippen LogP contribution in [0.5, 0.6) is 0 Å². The topological polar surface area (TPSA) is 0 Å². The van der Waals surface area contributed by atoms with Gasteiger partial charge < -0.3 is 0 Å². The van der Waals surface area contributed by atoms with Gasteiger partial charge in [-0.15, -0.1) is 0 Å². The minimum absolute atomic E-state index is 0.162. The van der Waals surface area contributed by atoms with E-state index in [2.05, 4.69) is 6.92 Å². The van der Waals surface area contributed by atoms with Crippen LogP contribution in [-0.4, -0.2) is 0 Å². The fourth-order valence-corrected chi connectivity index (χ4v) is 3.26. The Hall–Kier alpha value is -1.96. The molecule has 23 heavy (non-hydrogen) atoms. The summed E-state index contributed by atoms with van der Waals surface area (Å²) in [5.41, 5.74) is 4.29. The van der Waals surface area contributed by atoms with Gasteiger partial charge in [0.25, 0.3) is 0 Å². The van der Waals surface area contributed by atoms with E-state index in [0.717, 1.165) is 35.1 Å². The number of benzene rings is 2. The largest absolute Gasteiger partial charge is 0.207 e. The summed E-state index contributed by atoms with van der Waals surface area (Å²) in [5.74, 6) is -0.324. The van der Waals surface area contributed by atoms with Crippen LogP contribution in [0.4, 0.5) is 8.78 Å². The highest BCUT2D eigenvalue weighted by Gasteiger charge is 2.17. The maximum Gasteiger partial charge on any atom is 0.130 e. The maximum atomic E-state index is 14.5. The third-order valence-corrected chi connectivity index (χ3v) is 4.58. The van der Waals surface area contributed by atoms with Gasteiger partial charge in [0.1, 0.15) is 11.6 Å². The molecule has 0 amide bonds. The minimum atomic E-state index is -0.162. The van der Waals surface area contributed by atoms with Gasteiger partial charge in [-0.25, -0.2) is 8.78 Å². The maximum absolute atomic E-state index is 14.5. The Morgan fingerprint density at radius 2 is 1.83 bits per heavy atom. The van der Waals surface area contributed by atoms with Gasteiger partial charge in [-0.2, -0.15) is 0 Å². The van der Waals surface area contributed by atoms with Gasteiger partial charge in [0.15, 0.2) is 0 Å². The van der Waals surface area contributed by atoms with Crippen LogP contribution < -0.4 is 0 Å². The average Bonchev–Trinajstić information content (AvgIpc) is 2.55. The molecule has 2 aromatic rings. The van der Waals surface area contributed by atoms with Crippen LogP contribution in [0.25, 0.3) is 11.6 Å². The molecule has 0 saturated carbocycles. The Kier molecular flexibility index (Phi) is 4.90. The highest BCUT2D eigenvalue weighted by molar-refractivity contribution is 5.84. The van der Waals surface area contributed by atoms with E-state index in [9.17, 15) is 8.78 Å². The number of hydrogen-bond donors (Lipinski definition) is 0. The molecule has 1 aliphatic rings. The Morgan fingerprint density at radius 3 is 2.61 bits per heavy atom. The van der Waals surface area contributed by atoms with Gasteiger partial charge in [-0.3, -0.25) is 0 Å². The Balaban J connectivity index is 1.85. The second-order valence-corrected chi connectivity index (χ2v) is 6.25. The molecule has 0 aliphatic heterocycles. The molecule has 2 aromatic carbocycles. The molecule has 1 aliphatic carbocycles. The number of halogens is 2. The Bertz CT molecular complexity index is 729. The van der Waals surface area contributed by atoms with Crippen LogP contribution >= 0.6 is 0 Å². The van der Waals surface area contributed by atoms with Gasteiger partial charge >= 0.3 is 0 Å². The van der Waals surface area contributed by atoms with Crippen LogP contribution in [-0.2, 0) is 12.8 Å². The quantitative estimate of drug-likeness (QED) is 0.578. The Labute approximate surface area is 136 Å². The van der Waals surface area contributed by atoms with Crippen molar-refractivity contribution in [2.24, 2.45) is 0 Å². The van der Waals surface area contributed by atoms with Crippen LogP contribution in [0.1, 0.15) is 54.9 Å². The fourth-order valence-electron chi connectivity index (χ4n) is 3.26. The van der Waals surface area contributed by atoms with Crippen LogP contribution in [0.15, 0.2) is 36.4 Å². The smallest absolute Gasteiger partial charge is 0.130 e. The van der Waals surface area contributed by atoms with Crippen molar-refractivity contribution in [3.05, 3.63) is 70.3 Å². The van der Waals surface area contributed by atoms with Crippen molar-refractivity contribution in [1.82, 2.24) is 0 Å². The summed E-state index contributed by atoms with van der Waals surface area (Å²) in [7, 11) is 0. The molecular formula is C21H22F2. The number of allylic oxidation sites excluding steroid dienone is 1. The van der Waals surface area contributed by atoms with Crippen molar-refractivity contribution in [3.8, 4) is 0 Å². The van der Waals surface area contributed by atoms with Crippen molar-refractivity contribution in [1.29, 1.82) is 0 Å². The van der Waals surface area contributed by atoms with E-state index in [0.29, 0.717) is 18.4 Å². The summed E-state index contributed by atoms with van der Waals surface area (Å²) >= 11 is 0. The molecule has 0 N–H and O–H groups in total. The zero-order valence-electron chi connectivity index (χ0n) is 13.5. The van der Waals surface area contributed by atoms with Crippen LogP contribution in [0, 0.1) is 11.6 Å². The van der Waals surface area contributed by atoms with E-state index < -0.39 is 0 Å². The second-order valence-electron chi connectivity index (χ2n) is 6.25. The molecular weight excluding hydrogens is 290 g/mol. The van der Waals surface area contributed by atoms with Gasteiger partial charge in [-0.1, -0.05) is 50.1 Å². The molecule has 0 nitrogen and oxygen atoms in total. The van der Waals surface area contributed by atoms with Gasteiger partial charge in [0.2, 0.25) is 0 Å². The zero-order chi connectivity index (χ0) is 16.2. The first kappa shape index (κ1) is 15.9. The van der Waals surface area contributed by atoms with Gasteiger partial charge in [0.05, 0.1) is 0 Å². The van der Waals surface area contributed by atoms with Crippen molar-refractivity contribution < 1.29 is 8.78 Å². The summed E-state index contributed by atoms with van der Waals surface area (Å²) in [6.45, 7) is 2.17. The lowest BCUT2D eigenvalue weighted by Gasteiger charge is -2.18. The number of rotatable bonds is 5. The summed E-state index contributed by atoms with van der Waals surface area (Å²) < 4.78 is 28.3. The Morgan fingerprint density at radius 1 is 0.957 bits per heavy atom.